The number of benzene rings is 1. The Morgan fingerprint density at radius 3 is 3.15 bits per heavy atom. The third kappa shape index (κ3) is 2.41. The molecule has 1 aliphatic rings. The Kier molecular flexibility index (Phi) is 3.70. The topological polar surface area (TPSA) is 25.4 Å². The van der Waals surface area contributed by atoms with E-state index in [1.54, 1.807) is 0 Å². The maximum absolute atomic E-state index is 5.85. The number of aromatic nitrogens is 1. The number of hydrogen-bond acceptors (Lipinski definition) is 3. The standard InChI is InChI=1S/C17H20N2O/c1-3-8-19-9-10-20-17-15(12-19)11-14-7-5-6-13(4-2)16(14)18-17/h3,5-7,11H,1,4,8-10,12H2,2H3. The molecule has 1 aliphatic heterocycles. The molecule has 0 fully saturated rings. The van der Waals surface area contributed by atoms with E-state index in [1.807, 2.05) is 6.08 Å². The van der Waals surface area contributed by atoms with Crippen LogP contribution in [0.5, 0.6) is 5.88 Å². The highest BCUT2D eigenvalue weighted by atomic mass is 16.5. The van der Waals surface area contributed by atoms with Gasteiger partial charge in [0, 0.05) is 30.6 Å². The number of hydrogen-bond donors (Lipinski definition) is 0. The van der Waals surface area contributed by atoms with Gasteiger partial charge in [-0.2, -0.15) is 0 Å². The molecule has 0 radical (unpaired) electrons. The van der Waals surface area contributed by atoms with Gasteiger partial charge in [-0.1, -0.05) is 31.2 Å². The van der Waals surface area contributed by atoms with Crippen molar-refractivity contribution >= 4 is 10.9 Å². The molecular formula is C17H20N2O. The number of ether oxygens (including phenoxy) is 1. The first-order valence-electron chi connectivity index (χ1n) is 7.19. The predicted molar refractivity (Wildman–Crippen MR) is 82.1 cm³/mol. The zero-order valence-electron chi connectivity index (χ0n) is 11.9. The summed E-state index contributed by atoms with van der Waals surface area (Å²) in [4.78, 5) is 7.10. The first-order chi connectivity index (χ1) is 9.81. The van der Waals surface area contributed by atoms with Crippen LogP contribution in [0, 0.1) is 0 Å². The smallest absolute Gasteiger partial charge is 0.218 e. The second-order valence-electron chi connectivity index (χ2n) is 5.17. The highest BCUT2D eigenvalue weighted by molar-refractivity contribution is 5.83. The van der Waals surface area contributed by atoms with E-state index < -0.39 is 0 Å². The Hall–Kier alpha value is -1.87. The SMILES string of the molecule is C=CCN1CCOc2nc3c(CC)cccc3cc2C1. The molecule has 0 amide bonds. The average Bonchev–Trinajstić information content (AvgIpc) is 2.66. The summed E-state index contributed by atoms with van der Waals surface area (Å²) in [7, 11) is 0. The summed E-state index contributed by atoms with van der Waals surface area (Å²) in [6.07, 6.45) is 2.93. The fraction of sp³-hybridized carbons (Fsp3) is 0.353. The monoisotopic (exact) mass is 268 g/mol. The van der Waals surface area contributed by atoms with Crippen LogP contribution >= 0.6 is 0 Å². The van der Waals surface area contributed by atoms with Crippen LogP contribution < -0.4 is 4.74 Å². The highest BCUT2D eigenvalue weighted by Gasteiger charge is 2.17. The normalized spacial score (nSPS) is 15.4. The number of rotatable bonds is 3. The van der Waals surface area contributed by atoms with E-state index in [0.29, 0.717) is 6.61 Å². The second kappa shape index (κ2) is 5.63. The minimum Gasteiger partial charge on any atom is -0.476 e. The Morgan fingerprint density at radius 2 is 2.35 bits per heavy atom. The van der Waals surface area contributed by atoms with E-state index in [2.05, 4.69) is 42.7 Å². The molecule has 0 saturated carbocycles. The van der Waals surface area contributed by atoms with E-state index in [-0.39, 0.29) is 0 Å². The summed E-state index contributed by atoms with van der Waals surface area (Å²) in [5.74, 6) is 0.796. The van der Waals surface area contributed by atoms with Gasteiger partial charge in [-0.3, -0.25) is 4.90 Å². The van der Waals surface area contributed by atoms with Crippen molar-refractivity contribution in [1.29, 1.82) is 0 Å². The number of fused-ring (bicyclic) bond motifs is 2. The molecule has 1 aromatic heterocycles. The van der Waals surface area contributed by atoms with Crippen LogP contribution in [-0.4, -0.2) is 29.6 Å². The lowest BCUT2D eigenvalue weighted by atomic mass is 10.1. The van der Waals surface area contributed by atoms with Gasteiger partial charge in [0.15, 0.2) is 0 Å². The maximum Gasteiger partial charge on any atom is 0.218 e. The summed E-state index contributed by atoms with van der Waals surface area (Å²) >= 11 is 0. The molecule has 20 heavy (non-hydrogen) atoms. The van der Waals surface area contributed by atoms with Crippen molar-refractivity contribution in [2.24, 2.45) is 0 Å². The Bertz CT molecular complexity index is 636. The lowest BCUT2D eigenvalue weighted by Crippen LogP contribution is -2.25. The van der Waals surface area contributed by atoms with Gasteiger partial charge >= 0.3 is 0 Å². The van der Waals surface area contributed by atoms with Gasteiger partial charge < -0.3 is 4.74 Å². The zero-order valence-corrected chi connectivity index (χ0v) is 11.9. The highest BCUT2D eigenvalue weighted by Crippen LogP contribution is 2.27. The molecule has 0 N–H and O–H groups in total. The summed E-state index contributed by atoms with van der Waals surface area (Å²) < 4.78 is 5.85. The maximum atomic E-state index is 5.85. The molecule has 3 nitrogen and oxygen atoms in total. The molecule has 0 bridgehead atoms. The molecule has 2 aromatic rings. The molecule has 0 atom stereocenters. The third-order valence-electron chi connectivity index (χ3n) is 3.78. The largest absolute Gasteiger partial charge is 0.476 e. The molecule has 3 heteroatoms. The first-order valence-corrected chi connectivity index (χ1v) is 7.19. The zero-order chi connectivity index (χ0) is 13.9. The van der Waals surface area contributed by atoms with Crippen LogP contribution in [0.25, 0.3) is 10.9 Å². The molecule has 2 heterocycles. The first kappa shape index (κ1) is 13.1. The van der Waals surface area contributed by atoms with Gasteiger partial charge in [0.1, 0.15) is 6.61 Å². The van der Waals surface area contributed by atoms with Crippen molar-refractivity contribution in [3.05, 3.63) is 48.0 Å². The van der Waals surface area contributed by atoms with Crippen molar-refractivity contribution in [2.45, 2.75) is 19.9 Å². The molecule has 3 rings (SSSR count). The van der Waals surface area contributed by atoms with Gasteiger partial charge in [-0.15, -0.1) is 6.58 Å². The Labute approximate surface area is 119 Å². The van der Waals surface area contributed by atoms with Crippen molar-refractivity contribution in [3.63, 3.8) is 0 Å². The van der Waals surface area contributed by atoms with Crippen LogP contribution in [0.1, 0.15) is 18.1 Å². The van der Waals surface area contributed by atoms with E-state index in [9.17, 15) is 0 Å². The van der Waals surface area contributed by atoms with Crippen LogP contribution in [0.15, 0.2) is 36.9 Å². The summed E-state index contributed by atoms with van der Waals surface area (Å²) in [5, 5.41) is 1.20. The van der Waals surface area contributed by atoms with Gasteiger partial charge in [0.05, 0.1) is 5.52 Å². The molecule has 1 aromatic carbocycles. The molecule has 0 saturated heterocycles. The van der Waals surface area contributed by atoms with E-state index in [0.717, 1.165) is 37.5 Å². The van der Waals surface area contributed by atoms with Crippen LogP contribution in [0.3, 0.4) is 0 Å². The van der Waals surface area contributed by atoms with Crippen molar-refractivity contribution in [1.82, 2.24) is 9.88 Å². The fourth-order valence-electron chi connectivity index (χ4n) is 2.74. The summed E-state index contributed by atoms with van der Waals surface area (Å²) in [5.41, 5.74) is 3.53. The van der Waals surface area contributed by atoms with E-state index in [4.69, 9.17) is 9.72 Å². The van der Waals surface area contributed by atoms with Gasteiger partial charge in [0.2, 0.25) is 5.88 Å². The predicted octanol–water partition coefficient (Wildman–Crippen LogP) is 3.18. The van der Waals surface area contributed by atoms with Crippen molar-refractivity contribution in [2.75, 3.05) is 19.7 Å². The summed E-state index contributed by atoms with van der Waals surface area (Å²) in [6.45, 7) is 9.34. The van der Waals surface area contributed by atoms with Crippen LogP contribution in [-0.2, 0) is 13.0 Å². The van der Waals surface area contributed by atoms with Gasteiger partial charge in [0.25, 0.3) is 0 Å². The van der Waals surface area contributed by atoms with Gasteiger partial charge in [-0.25, -0.2) is 4.98 Å². The number of para-hydroxylation sites is 1. The second-order valence-corrected chi connectivity index (χ2v) is 5.17. The van der Waals surface area contributed by atoms with E-state index in [1.165, 1.54) is 16.5 Å². The molecule has 0 spiro atoms. The number of pyridine rings is 1. The minimum absolute atomic E-state index is 0.688. The Morgan fingerprint density at radius 1 is 1.45 bits per heavy atom. The van der Waals surface area contributed by atoms with Crippen molar-refractivity contribution in [3.8, 4) is 5.88 Å². The fourth-order valence-corrected chi connectivity index (χ4v) is 2.74. The molecular weight excluding hydrogens is 248 g/mol. The molecule has 0 unspecified atom stereocenters. The van der Waals surface area contributed by atoms with Crippen LogP contribution in [0.2, 0.25) is 0 Å². The van der Waals surface area contributed by atoms with E-state index >= 15 is 0 Å². The lowest BCUT2D eigenvalue weighted by molar-refractivity contribution is 0.239. The average molecular weight is 268 g/mol. The number of nitrogens with zero attached hydrogens (tertiary/aromatic N) is 2. The lowest BCUT2D eigenvalue weighted by Gasteiger charge is -2.16. The molecule has 104 valence electrons. The van der Waals surface area contributed by atoms with Crippen molar-refractivity contribution < 1.29 is 4.74 Å². The quantitative estimate of drug-likeness (QED) is 0.799. The minimum atomic E-state index is 0.688. The third-order valence-corrected chi connectivity index (χ3v) is 3.78. The van der Waals surface area contributed by atoms with Gasteiger partial charge in [-0.05, 0) is 18.1 Å². The summed E-state index contributed by atoms with van der Waals surface area (Å²) in [6, 6.07) is 8.60. The Balaban J connectivity index is 2.07. The number of aryl methyl sites for hydroxylation is 1. The van der Waals surface area contributed by atoms with Crippen LogP contribution in [0.4, 0.5) is 0 Å². The molecule has 0 aliphatic carbocycles.